The van der Waals surface area contributed by atoms with E-state index in [1.807, 2.05) is 0 Å². The van der Waals surface area contributed by atoms with Crippen LogP contribution in [0.5, 0.6) is 0 Å². The molecular weight excluding hydrogens is 279 g/mol. The van der Waals surface area contributed by atoms with Crippen molar-refractivity contribution in [1.29, 1.82) is 0 Å². The van der Waals surface area contributed by atoms with Gasteiger partial charge in [-0.05, 0) is 43.5 Å². The molecule has 0 saturated carbocycles. The lowest BCUT2D eigenvalue weighted by Gasteiger charge is -2.26. The number of halogens is 1. The normalized spacial score (nSPS) is 27.4. The van der Waals surface area contributed by atoms with Gasteiger partial charge in [0.1, 0.15) is 5.82 Å². The van der Waals surface area contributed by atoms with Gasteiger partial charge in [-0.3, -0.25) is 0 Å². The van der Waals surface area contributed by atoms with Gasteiger partial charge in [0, 0.05) is 18.6 Å². The molecule has 0 aliphatic carbocycles. The lowest BCUT2D eigenvalue weighted by atomic mass is 10.1. The topological polar surface area (TPSA) is 49.4 Å². The highest BCUT2D eigenvalue weighted by molar-refractivity contribution is 7.88. The first kappa shape index (κ1) is 14.0. The quantitative estimate of drug-likeness (QED) is 0.919. The Balaban J connectivity index is 1.82. The molecule has 1 N–H and O–H groups in total. The van der Waals surface area contributed by atoms with E-state index >= 15 is 0 Å². The number of rotatable bonds is 3. The van der Waals surface area contributed by atoms with Crippen LogP contribution in [0.15, 0.2) is 24.3 Å². The van der Waals surface area contributed by atoms with E-state index in [9.17, 15) is 12.8 Å². The van der Waals surface area contributed by atoms with Gasteiger partial charge in [-0.2, -0.15) is 4.31 Å². The van der Waals surface area contributed by atoms with Crippen LogP contribution >= 0.6 is 0 Å². The molecule has 0 amide bonds. The van der Waals surface area contributed by atoms with Gasteiger partial charge in [-0.1, -0.05) is 12.1 Å². The second-order valence-electron chi connectivity index (χ2n) is 5.59. The van der Waals surface area contributed by atoms with Crippen molar-refractivity contribution >= 4 is 10.0 Å². The molecule has 2 bridgehead atoms. The number of hydrogen-bond acceptors (Lipinski definition) is 3. The lowest BCUT2D eigenvalue weighted by Crippen LogP contribution is -2.43. The van der Waals surface area contributed by atoms with E-state index in [1.54, 1.807) is 16.4 Å². The first-order valence-corrected chi connectivity index (χ1v) is 8.63. The Morgan fingerprint density at radius 3 is 2.60 bits per heavy atom. The first-order chi connectivity index (χ1) is 9.56. The number of benzene rings is 1. The maximum atomic E-state index is 12.9. The van der Waals surface area contributed by atoms with Crippen molar-refractivity contribution in [2.45, 2.75) is 37.1 Å². The summed E-state index contributed by atoms with van der Waals surface area (Å²) in [5, 5.41) is 3.30. The Kier molecular flexibility index (Phi) is 3.79. The summed E-state index contributed by atoms with van der Waals surface area (Å²) in [6.45, 7) is 1.61. The van der Waals surface area contributed by atoms with Crippen LogP contribution in [-0.4, -0.2) is 37.9 Å². The zero-order valence-electron chi connectivity index (χ0n) is 11.3. The Bertz CT molecular complexity index is 559. The zero-order valence-corrected chi connectivity index (χ0v) is 12.1. The number of sulfonamides is 1. The molecule has 1 aromatic rings. The van der Waals surface area contributed by atoms with E-state index < -0.39 is 10.0 Å². The molecule has 2 saturated heterocycles. The maximum absolute atomic E-state index is 12.9. The fourth-order valence-corrected chi connectivity index (χ4v) is 5.32. The predicted molar refractivity (Wildman–Crippen MR) is 75.2 cm³/mol. The second-order valence-corrected chi connectivity index (χ2v) is 7.46. The van der Waals surface area contributed by atoms with Gasteiger partial charge in [-0.15, -0.1) is 0 Å². The van der Waals surface area contributed by atoms with Gasteiger partial charge in [0.25, 0.3) is 0 Å². The molecule has 110 valence electrons. The van der Waals surface area contributed by atoms with Crippen LogP contribution in [0.2, 0.25) is 0 Å². The largest absolute Gasteiger partial charge is 0.315 e. The van der Waals surface area contributed by atoms with Crippen LogP contribution < -0.4 is 5.32 Å². The summed E-state index contributed by atoms with van der Waals surface area (Å²) in [4.78, 5) is 0. The van der Waals surface area contributed by atoms with Crippen LogP contribution in [0.3, 0.4) is 0 Å². The Hall–Kier alpha value is -0.980. The first-order valence-electron chi connectivity index (χ1n) is 7.02. The fraction of sp³-hybridized carbons (Fsp3) is 0.571. The van der Waals surface area contributed by atoms with Gasteiger partial charge in [0.15, 0.2) is 0 Å². The van der Waals surface area contributed by atoms with Crippen LogP contribution in [0.4, 0.5) is 4.39 Å². The summed E-state index contributed by atoms with van der Waals surface area (Å²) in [7, 11) is -3.34. The van der Waals surface area contributed by atoms with Crippen molar-refractivity contribution < 1.29 is 12.8 Å². The van der Waals surface area contributed by atoms with Crippen molar-refractivity contribution in [2.75, 3.05) is 13.1 Å². The van der Waals surface area contributed by atoms with Gasteiger partial charge < -0.3 is 5.32 Å². The summed E-state index contributed by atoms with van der Waals surface area (Å²) in [6.07, 6.45) is 2.76. The Labute approximate surface area is 119 Å². The molecule has 1 aromatic carbocycles. The molecule has 2 unspecified atom stereocenters. The van der Waals surface area contributed by atoms with E-state index in [2.05, 4.69) is 5.32 Å². The summed E-state index contributed by atoms with van der Waals surface area (Å²) in [5.41, 5.74) is 0.642. The van der Waals surface area contributed by atoms with Crippen molar-refractivity contribution in [1.82, 2.24) is 9.62 Å². The molecule has 4 nitrogen and oxygen atoms in total. The minimum atomic E-state index is -3.34. The second kappa shape index (κ2) is 5.42. The van der Waals surface area contributed by atoms with E-state index in [0.717, 1.165) is 32.4 Å². The number of fused-ring (bicyclic) bond motifs is 2. The molecule has 2 atom stereocenters. The van der Waals surface area contributed by atoms with E-state index in [4.69, 9.17) is 0 Å². The highest BCUT2D eigenvalue weighted by Gasteiger charge is 2.42. The number of nitrogens with one attached hydrogen (secondary N) is 1. The summed E-state index contributed by atoms with van der Waals surface area (Å²) >= 11 is 0. The van der Waals surface area contributed by atoms with Gasteiger partial charge in [-0.25, -0.2) is 12.8 Å². The third kappa shape index (κ3) is 2.73. The monoisotopic (exact) mass is 298 g/mol. The minimum Gasteiger partial charge on any atom is -0.315 e. The standard InChI is InChI=1S/C14H19FN2O2S/c15-12-3-1-11(2-4-12)10-20(18,19)17-13-5-6-14(17)9-16-8-7-13/h1-4,13-14,16H,5-10H2. The molecular formula is C14H19FN2O2S. The van der Waals surface area contributed by atoms with Gasteiger partial charge in [0.2, 0.25) is 10.0 Å². The SMILES string of the molecule is O=S(=O)(Cc1ccc(F)cc1)N1C2CCNCC1CC2. The molecule has 0 radical (unpaired) electrons. The molecule has 20 heavy (non-hydrogen) atoms. The predicted octanol–water partition coefficient (Wildman–Crippen LogP) is 1.48. The van der Waals surface area contributed by atoms with E-state index in [0.29, 0.717) is 5.56 Å². The van der Waals surface area contributed by atoms with Crippen LogP contribution in [-0.2, 0) is 15.8 Å². The van der Waals surface area contributed by atoms with Crippen molar-refractivity contribution in [3.05, 3.63) is 35.6 Å². The van der Waals surface area contributed by atoms with E-state index in [1.165, 1.54) is 12.1 Å². The van der Waals surface area contributed by atoms with Crippen LogP contribution in [0.1, 0.15) is 24.8 Å². The molecule has 2 fully saturated rings. The molecule has 3 rings (SSSR count). The molecule has 0 aromatic heterocycles. The molecule has 0 spiro atoms. The minimum absolute atomic E-state index is 0.0414. The lowest BCUT2D eigenvalue weighted by molar-refractivity contribution is 0.334. The van der Waals surface area contributed by atoms with Crippen molar-refractivity contribution in [3.8, 4) is 0 Å². The Morgan fingerprint density at radius 2 is 1.85 bits per heavy atom. The molecule has 6 heteroatoms. The molecule has 2 aliphatic rings. The van der Waals surface area contributed by atoms with Crippen molar-refractivity contribution in [3.63, 3.8) is 0 Å². The van der Waals surface area contributed by atoms with E-state index in [-0.39, 0.29) is 23.7 Å². The average Bonchev–Trinajstić information content (AvgIpc) is 2.66. The van der Waals surface area contributed by atoms with Crippen LogP contribution in [0.25, 0.3) is 0 Å². The summed E-state index contributed by atoms with van der Waals surface area (Å²) < 4.78 is 39.9. The highest BCUT2D eigenvalue weighted by atomic mass is 32.2. The average molecular weight is 298 g/mol. The molecule has 2 heterocycles. The smallest absolute Gasteiger partial charge is 0.218 e. The summed E-state index contributed by atoms with van der Waals surface area (Å²) in [5.74, 6) is -0.384. The van der Waals surface area contributed by atoms with Gasteiger partial charge >= 0.3 is 0 Å². The van der Waals surface area contributed by atoms with Crippen molar-refractivity contribution in [2.24, 2.45) is 0 Å². The Morgan fingerprint density at radius 1 is 1.15 bits per heavy atom. The summed E-state index contributed by atoms with van der Waals surface area (Å²) in [6, 6.07) is 5.91. The fourth-order valence-electron chi connectivity index (χ4n) is 3.26. The third-order valence-corrected chi connectivity index (χ3v) is 6.11. The molecule has 2 aliphatic heterocycles. The van der Waals surface area contributed by atoms with Crippen LogP contribution in [0, 0.1) is 5.82 Å². The third-order valence-electron chi connectivity index (χ3n) is 4.17. The number of hydrogen-bond donors (Lipinski definition) is 1. The highest BCUT2D eigenvalue weighted by Crippen LogP contribution is 2.32. The zero-order chi connectivity index (χ0) is 14.2. The number of nitrogens with zero attached hydrogens (tertiary/aromatic N) is 1. The van der Waals surface area contributed by atoms with Gasteiger partial charge in [0.05, 0.1) is 5.75 Å². The maximum Gasteiger partial charge on any atom is 0.218 e.